The second-order valence-corrected chi connectivity index (χ2v) is 25.5. The maximum absolute atomic E-state index is 2.63. The van der Waals surface area contributed by atoms with Crippen molar-refractivity contribution in [1.82, 2.24) is 0 Å². The standard InChI is InChI=1S/C8H11ITe/c1-10(2,9)8-6-4-3-5-7-8/h3-7H,1-2H3. The molecule has 1 aromatic rings. The fourth-order valence-electron chi connectivity index (χ4n) is 0.744. The Kier molecular flexibility index (Phi) is 3.02. The van der Waals surface area contributed by atoms with Gasteiger partial charge >= 0.3 is 76.8 Å². The van der Waals surface area contributed by atoms with Crippen LogP contribution in [-0.2, 0) is 0 Å². The number of hydrogen-bond donors (Lipinski definition) is 0. The van der Waals surface area contributed by atoms with Gasteiger partial charge in [0.15, 0.2) is 0 Å². The molecule has 0 atom stereocenters. The van der Waals surface area contributed by atoms with E-state index < -0.39 is 14.2 Å². The summed E-state index contributed by atoms with van der Waals surface area (Å²) in [5.41, 5.74) is 0. The molecule has 0 bridgehead atoms. The molecular weight excluding hydrogens is 351 g/mol. The monoisotopic (exact) mass is 364 g/mol. The van der Waals surface area contributed by atoms with Crippen molar-refractivity contribution in [1.29, 1.82) is 0 Å². The third-order valence-corrected chi connectivity index (χ3v) is 8.69. The number of benzene rings is 1. The Morgan fingerprint density at radius 1 is 1.10 bits per heavy atom. The number of halogens is 1. The normalized spacial score (nSPS) is 13.1. The zero-order valence-corrected chi connectivity index (χ0v) is 10.7. The van der Waals surface area contributed by atoms with Gasteiger partial charge in [0.2, 0.25) is 0 Å². The minimum atomic E-state index is -1.55. The third kappa shape index (κ3) is 2.41. The molecule has 0 amide bonds. The molecule has 0 saturated carbocycles. The average molecular weight is 362 g/mol. The van der Waals surface area contributed by atoms with Crippen molar-refractivity contribution in [3.8, 4) is 0 Å². The quantitative estimate of drug-likeness (QED) is 0.533. The fraction of sp³-hybridized carbons (Fsp3) is 0.250. The predicted molar refractivity (Wildman–Crippen MR) is 57.6 cm³/mol. The van der Waals surface area contributed by atoms with Gasteiger partial charge in [-0.25, -0.2) is 0 Å². The molecule has 0 aromatic heterocycles. The zero-order valence-electron chi connectivity index (χ0n) is 6.17. The van der Waals surface area contributed by atoms with E-state index in [0.717, 1.165) is 0 Å². The van der Waals surface area contributed by atoms with Gasteiger partial charge in [0.05, 0.1) is 0 Å². The zero-order chi connectivity index (χ0) is 7.61. The van der Waals surface area contributed by atoms with E-state index in [9.17, 15) is 0 Å². The van der Waals surface area contributed by atoms with Gasteiger partial charge in [0.25, 0.3) is 0 Å². The molecule has 0 heterocycles. The van der Waals surface area contributed by atoms with E-state index in [2.05, 4.69) is 59.0 Å². The van der Waals surface area contributed by atoms with Crippen molar-refractivity contribution >= 4 is 36.5 Å². The van der Waals surface area contributed by atoms with E-state index in [1.54, 1.807) is 3.61 Å². The molecular formula is C8H11ITe. The van der Waals surface area contributed by atoms with Crippen LogP contribution in [0, 0.1) is 0 Å². The first kappa shape index (κ1) is 8.83. The molecule has 56 valence electrons. The van der Waals surface area contributed by atoms with Gasteiger partial charge < -0.3 is 0 Å². The van der Waals surface area contributed by atoms with E-state index >= 15 is 0 Å². The summed E-state index contributed by atoms with van der Waals surface area (Å²) in [4.78, 5) is 4.80. The molecule has 0 aliphatic rings. The summed E-state index contributed by atoms with van der Waals surface area (Å²) in [7, 11) is 0. The van der Waals surface area contributed by atoms with Crippen molar-refractivity contribution < 1.29 is 0 Å². The molecule has 0 spiro atoms. The van der Waals surface area contributed by atoms with Crippen LogP contribution in [0.2, 0.25) is 9.94 Å². The molecule has 0 aliphatic heterocycles. The minimum absolute atomic E-state index is 1.55. The molecule has 0 radical (unpaired) electrons. The van der Waals surface area contributed by atoms with Crippen molar-refractivity contribution in [3.63, 3.8) is 0 Å². The van der Waals surface area contributed by atoms with Crippen molar-refractivity contribution in [2.45, 2.75) is 9.94 Å². The summed E-state index contributed by atoms with van der Waals surface area (Å²) in [6, 6.07) is 10.8. The molecule has 0 saturated heterocycles. The van der Waals surface area contributed by atoms with Crippen LogP contribution < -0.4 is 3.61 Å². The Morgan fingerprint density at radius 3 is 1.90 bits per heavy atom. The Hall–Kier alpha value is 0.740. The molecule has 0 fully saturated rings. The third-order valence-electron chi connectivity index (χ3n) is 1.30. The Morgan fingerprint density at radius 2 is 1.60 bits per heavy atom. The summed E-state index contributed by atoms with van der Waals surface area (Å²) in [5, 5.41) is 0. The van der Waals surface area contributed by atoms with Crippen LogP contribution in [0.3, 0.4) is 0 Å². The number of rotatable bonds is 1. The van der Waals surface area contributed by atoms with Crippen LogP contribution in [-0.4, -0.2) is 14.2 Å². The molecule has 1 rings (SSSR count). The van der Waals surface area contributed by atoms with Crippen molar-refractivity contribution in [2.75, 3.05) is 0 Å². The van der Waals surface area contributed by atoms with Crippen molar-refractivity contribution in [3.05, 3.63) is 30.3 Å². The van der Waals surface area contributed by atoms with Gasteiger partial charge in [-0.15, -0.1) is 0 Å². The number of hydrogen-bond acceptors (Lipinski definition) is 0. The SMILES string of the molecule is C[Te](C)(I)c1ccccc1. The van der Waals surface area contributed by atoms with Crippen LogP contribution in [0.4, 0.5) is 0 Å². The predicted octanol–water partition coefficient (Wildman–Crippen LogP) is 2.53. The van der Waals surface area contributed by atoms with Gasteiger partial charge in [-0.05, 0) is 0 Å². The molecule has 0 nitrogen and oxygen atoms in total. The molecule has 1 aromatic carbocycles. The van der Waals surface area contributed by atoms with Gasteiger partial charge in [0, 0.05) is 0 Å². The summed E-state index contributed by atoms with van der Waals surface area (Å²) < 4.78 is 1.57. The Labute approximate surface area is 76.1 Å². The van der Waals surface area contributed by atoms with Gasteiger partial charge in [0.1, 0.15) is 0 Å². The van der Waals surface area contributed by atoms with Crippen LogP contribution in [0.15, 0.2) is 30.3 Å². The van der Waals surface area contributed by atoms with E-state index in [4.69, 9.17) is 0 Å². The first-order valence-electron chi connectivity index (χ1n) is 3.09. The van der Waals surface area contributed by atoms with E-state index in [1.807, 2.05) is 0 Å². The summed E-state index contributed by atoms with van der Waals surface area (Å²) in [5.74, 6) is 0. The summed E-state index contributed by atoms with van der Waals surface area (Å²) >= 11 is 1.08. The molecule has 2 heteroatoms. The van der Waals surface area contributed by atoms with E-state index in [1.165, 1.54) is 0 Å². The average Bonchev–Trinajstić information content (AvgIpc) is 1.88. The van der Waals surface area contributed by atoms with Gasteiger partial charge in [-0.2, -0.15) is 0 Å². The molecule has 0 N–H and O–H groups in total. The molecule has 0 aliphatic carbocycles. The maximum atomic E-state index is 2.63. The Balaban J connectivity index is 2.97. The first-order valence-corrected chi connectivity index (χ1v) is 15.7. The van der Waals surface area contributed by atoms with Crippen LogP contribution in [0.1, 0.15) is 0 Å². The Bertz CT molecular complexity index is 200. The van der Waals surface area contributed by atoms with Crippen LogP contribution in [0.25, 0.3) is 0 Å². The van der Waals surface area contributed by atoms with Crippen LogP contribution >= 0.6 is 18.7 Å². The molecule has 0 unspecified atom stereocenters. The summed E-state index contributed by atoms with van der Waals surface area (Å²) in [6.07, 6.45) is 0. The second-order valence-electron chi connectivity index (χ2n) is 2.52. The topological polar surface area (TPSA) is 0 Å². The summed E-state index contributed by atoms with van der Waals surface area (Å²) in [6.45, 7) is 0. The van der Waals surface area contributed by atoms with E-state index in [0.29, 0.717) is 0 Å². The van der Waals surface area contributed by atoms with E-state index in [-0.39, 0.29) is 0 Å². The van der Waals surface area contributed by atoms with Crippen molar-refractivity contribution in [2.24, 2.45) is 0 Å². The van der Waals surface area contributed by atoms with Crippen LogP contribution in [0.5, 0.6) is 0 Å². The fourth-order valence-corrected chi connectivity index (χ4v) is 5.01. The first-order chi connectivity index (χ1) is 4.61. The second kappa shape index (κ2) is 3.42. The van der Waals surface area contributed by atoms with Gasteiger partial charge in [-0.3, -0.25) is 0 Å². The van der Waals surface area contributed by atoms with Gasteiger partial charge in [-0.1, -0.05) is 0 Å². The molecule has 10 heavy (non-hydrogen) atoms.